The van der Waals surface area contributed by atoms with Crippen molar-refractivity contribution in [3.05, 3.63) is 29.8 Å². The van der Waals surface area contributed by atoms with E-state index in [2.05, 4.69) is 12.1 Å². The van der Waals surface area contributed by atoms with Crippen LogP contribution in [0.2, 0.25) is 0 Å². The fourth-order valence-corrected chi connectivity index (χ4v) is 1.93. The molecule has 1 aromatic carbocycles. The van der Waals surface area contributed by atoms with Crippen LogP contribution in [0.1, 0.15) is 32.3 Å². The summed E-state index contributed by atoms with van der Waals surface area (Å²) in [6.07, 6.45) is 3.01. The lowest BCUT2D eigenvalue weighted by Gasteiger charge is -2.06. The van der Waals surface area contributed by atoms with E-state index in [1.165, 1.54) is 0 Å². The number of rotatable bonds is 6. The van der Waals surface area contributed by atoms with E-state index in [0.717, 1.165) is 48.4 Å². The lowest BCUT2D eigenvalue weighted by atomic mass is 10.1. The molecule has 0 aliphatic heterocycles. The van der Waals surface area contributed by atoms with Gasteiger partial charge in [-0.3, -0.25) is 0 Å². The molecule has 0 aliphatic rings. The fourth-order valence-electron chi connectivity index (χ4n) is 1.93. The molecule has 2 aromatic rings. The molecule has 0 spiro atoms. The molecule has 2 N–H and O–H groups in total. The molecule has 1 aromatic heterocycles. The number of nitrogen functional groups attached to an aromatic ring is 1. The number of hydrogen-bond acceptors (Lipinski definition) is 4. The van der Waals surface area contributed by atoms with Crippen molar-refractivity contribution in [1.29, 1.82) is 0 Å². The summed E-state index contributed by atoms with van der Waals surface area (Å²) in [7, 11) is 0. The number of unbranched alkanes of at least 4 members (excludes halogenated alkanes) is 1. The quantitative estimate of drug-likeness (QED) is 0.805. The Morgan fingerprint density at radius 1 is 1.21 bits per heavy atom. The number of ether oxygens (including phenoxy) is 1. The van der Waals surface area contributed by atoms with Gasteiger partial charge < -0.3 is 15.0 Å². The van der Waals surface area contributed by atoms with Crippen LogP contribution in [0.25, 0.3) is 11.3 Å². The Bertz CT molecular complexity index is 517. The Morgan fingerprint density at radius 3 is 2.58 bits per heavy atom. The van der Waals surface area contributed by atoms with Gasteiger partial charge in [0.1, 0.15) is 11.4 Å². The molecule has 0 fully saturated rings. The summed E-state index contributed by atoms with van der Waals surface area (Å²) in [5, 5.41) is 4.02. The zero-order valence-electron chi connectivity index (χ0n) is 11.5. The normalized spacial score (nSPS) is 10.6. The number of anilines is 1. The van der Waals surface area contributed by atoms with Gasteiger partial charge in [0, 0.05) is 11.1 Å². The second kappa shape index (κ2) is 6.27. The van der Waals surface area contributed by atoms with Crippen molar-refractivity contribution < 1.29 is 9.26 Å². The molecule has 19 heavy (non-hydrogen) atoms. The molecule has 0 aliphatic carbocycles. The maximum atomic E-state index is 5.75. The highest BCUT2D eigenvalue weighted by Gasteiger charge is 2.13. The molecule has 0 atom stereocenters. The van der Waals surface area contributed by atoms with E-state index in [0.29, 0.717) is 5.88 Å². The molecule has 102 valence electrons. The van der Waals surface area contributed by atoms with E-state index in [1.807, 2.05) is 31.2 Å². The van der Waals surface area contributed by atoms with Gasteiger partial charge in [0.05, 0.1) is 6.61 Å². The maximum Gasteiger partial charge on any atom is 0.225 e. The van der Waals surface area contributed by atoms with Gasteiger partial charge in [-0.1, -0.05) is 25.4 Å². The van der Waals surface area contributed by atoms with Crippen molar-refractivity contribution in [3.63, 3.8) is 0 Å². The first-order valence-electron chi connectivity index (χ1n) is 6.73. The smallest absolute Gasteiger partial charge is 0.225 e. The second-order valence-corrected chi connectivity index (χ2v) is 4.45. The Morgan fingerprint density at radius 2 is 1.95 bits per heavy atom. The highest BCUT2D eigenvalue weighted by Crippen LogP contribution is 2.28. The highest BCUT2D eigenvalue weighted by molar-refractivity contribution is 5.67. The van der Waals surface area contributed by atoms with Crippen LogP contribution in [0, 0.1) is 0 Å². The average Bonchev–Trinajstić information content (AvgIpc) is 2.81. The van der Waals surface area contributed by atoms with E-state index in [4.69, 9.17) is 15.0 Å². The highest BCUT2D eigenvalue weighted by atomic mass is 16.5. The van der Waals surface area contributed by atoms with E-state index in [9.17, 15) is 0 Å². The summed E-state index contributed by atoms with van der Waals surface area (Å²) in [5.74, 6) is 1.28. The topological polar surface area (TPSA) is 61.3 Å². The van der Waals surface area contributed by atoms with Crippen LogP contribution < -0.4 is 10.5 Å². The van der Waals surface area contributed by atoms with E-state index < -0.39 is 0 Å². The average molecular weight is 260 g/mol. The zero-order valence-corrected chi connectivity index (χ0v) is 11.5. The minimum Gasteiger partial charge on any atom is -0.494 e. The minimum absolute atomic E-state index is 0.403. The Kier molecular flexibility index (Phi) is 4.44. The number of aromatic nitrogens is 1. The molecule has 0 radical (unpaired) electrons. The molecule has 1 heterocycles. The Labute approximate surface area is 113 Å². The Balaban J connectivity index is 2.13. The van der Waals surface area contributed by atoms with Crippen molar-refractivity contribution in [3.8, 4) is 17.0 Å². The first-order valence-corrected chi connectivity index (χ1v) is 6.73. The maximum absolute atomic E-state index is 5.75. The molecule has 0 amide bonds. The standard InChI is InChI=1S/C15H20N2O2/c1-3-5-10-18-12-8-6-11(7-9-12)14-13(4-2)15(16)19-17-14/h6-9H,3-5,10,16H2,1-2H3. The van der Waals surface area contributed by atoms with Crippen LogP contribution in [0.5, 0.6) is 5.75 Å². The number of nitrogens with zero attached hydrogens (tertiary/aromatic N) is 1. The molecular formula is C15H20N2O2. The molecule has 0 saturated heterocycles. The van der Waals surface area contributed by atoms with E-state index in [-0.39, 0.29) is 0 Å². The predicted octanol–water partition coefficient (Wildman–Crippen LogP) is 3.67. The second-order valence-electron chi connectivity index (χ2n) is 4.45. The van der Waals surface area contributed by atoms with Gasteiger partial charge in [0.2, 0.25) is 5.88 Å². The van der Waals surface area contributed by atoms with Crippen LogP contribution in [-0.2, 0) is 6.42 Å². The van der Waals surface area contributed by atoms with Crippen LogP contribution in [0.3, 0.4) is 0 Å². The third kappa shape index (κ3) is 3.08. The van der Waals surface area contributed by atoms with Gasteiger partial charge in [0.25, 0.3) is 0 Å². The number of hydrogen-bond donors (Lipinski definition) is 1. The van der Waals surface area contributed by atoms with Crippen molar-refractivity contribution in [2.24, 2.45) is 0 Å². The molecule has 4 nitrogen and oxygen atoms in total. The first kappa shape index (κ1) is 13.5. The first-order chi connectivity index (χ1) is 9.26. The summed E-state index contributed by atoms with van der Waals surface area (Å²) < 4.78 is 10.7. The summed E-state index contributed by atoms with van der Waals surface area (Å²) in [4.78, 5) is 0. The minimum atomic E-state index is 0.403. The molecule has 0 bridgehead atoms. The molecule has 4 heteroatoms. The summed E-state index contributed by atoms with van der Waals surface area (Å²) in [5.41, 5.74) is 8.52. The van der Waals surface area contributed by atoms with Crippen molar-refractivity contribution in [2.75, 3.05) is 12.3 Å². The van der Waals surface area contributed by atoms with Gasteiger partial charge in [0.15, 0.2) is 0 Å². The third-order valence-corrected chi connectivity index (χ3v) is 3.07. The van der Waals surface area contributed by atoms with E-state index >= 15 is 0 Å². The summed E-state index contributed by atoms with van der Waals surface area (Å²) in [6.45, 7) is 4.94. The lowest BCUT2D eigenvalue weighted by Crippen LogP contribution is -1.96. The largest absolute Gasteiger partial charge is 0.494 e. The molecule has 0 unspecified atom stereocenters. The van der Waals surface area contributed by atoms with Crippen molar-refractivity contribution in [1.82, 2.24) is 5.16 Å². The SMILES string of the molecule is CCCCOc1ccc(-c2noc(N)c2CC)cc1. The molecule has 0 saturated carbocycles. The van der Waals surface area contributed by atoms with Crippen molar-refractivity contribution in [2.45, 2.75) is 33.1 Å². The monoisotopic (exact) mass is 260 g/mol. The Hall–Kier alpha value is -1.97. The number of benzene rings is 1. The molecular weight excluding hydrogens is 240 g/mol. The van der Waals surface area contributed by atoms with Crippen LogP contribution in [-0.4, -0.2) is 11.8 Å². The van der Waals surface area contributed by atoms with E-state index in [1.54, 1.807) is 0 Å². The van der Waals surface area contributed by atoms with Crippen LogP contribution in [0.4, 0.5) is 5.88 Å². The molecule has 2 rings (SSSR count). The van der Waals surface area contributed by atoms with Gasteiger partial charge in [-0.15, -0.1) is 0 Å². The lowest BCUT2D eigenvalue weighted by molar-refractivity contribution is 0.309. The van der Waals surface area contributed by atoms with Crippen molar-refractivity contribution >= 4 is 5.88 Å². The van der Waals surface area contributed by atoms with Crippen LogP contribution in [0.15, 0.2) is 28.8 Å². The van der Waals surface area contributed by atoms with Gasteiger partial charge in [-0.2, -0.15) is 0 Å². The van der Waals surface area contributed by atoms with Gasteiger partial charge in [-0.05, 0) is 37.1 Å². The van der Waals surface area contributed by atoms with Gasteiger partial charge in [-0.25, -0.2) is 0 Å². The zero-order chi connectivity index (χ0) is 13.7. The van der Waals surface area contributed by atoms with Gasteiger partial charge >= 0.3 is 0 Å². The van der Waals surface area contributed by atoms with Crippen LogP contribution >= 0.6 is 0 Å². The number of nitrogens with two attached hydrogens (primary N) is 1. The predicted molar refractivity (Wildman–Crippen MR) is 76.1 cm³/mol. The summed E-state index contributed by atoms with van der Waals surface area (Å²) in [6, 6.07) is 7.88. The third-order valence-electron chi connectivity index (χ3n) is 3.07. The summed E-state index contributed by atoms with van der Waals surface area (Å²) >= 11 is 0. The fraction of sp³-hybridized carbons (Fsp3) is 0.400.